The van der Waals surface area contributed by atoms with E-state index in [9.17, 15) is 13.2 Å². The van der Waals surface area contributed by atoms with E-state index in [2.05, 4.69) is 4.90 Å². The summed E-state index contributed by atoms with van der Waals surface area (Å²) in [6, 6.07) is 12.0. The zero-order chi connectivity index (χ0) is 24.3. The van der Waals surface area contributed by atoms with Crippen LogP contribution in [0.25, 0.3) is 0 Å². The second-order valence-electron chi connectivity index (χ2n) is 8.49. The average molecular weight is 508 g/mol. The molecule has 34 heavy (non-hydrogen) atoms. The number of hydrogen-bond acceptors (Lipinski definition) is 6. The van der Waals surface area contributed by atoms with Gasteiger partial charge in [-0.15, -0.1) is 0 Å². The van der Waals surface area contributed by atoms with Crippen molar-refractivity contribution >= 4 is 33.2 Å². The summed E-state index contributed by atoms with van der Waals surface area (Å²) in [4.78, 5) is 16.6. The maximum atomic E-state index is 13.2. The van der Waals surface area contributed by atoms with Gasteiger partial charge in [0.05, 0.1) is 18.1 Å². The maximum absolute atomic E-state index is 13.2. The van der Waals surface area contributed by atoms with Crippen LogP contribution in [0.15, 0.2) is 47.4 Å². The highest BCUT2D eigenvalue weighted by Gasteiger charge is 2.29. The summed E-state index contributed by atoms with van der Waals surface area (Å²) in [5.74, 6) is 0.349. The Balaban J connectivity index is 1.36. The number of carbonyl (C=O) groups excluding carboxylic acids is 1. The fourth-order valence-corrected chi connectivity index (χ4v) is 5.82. The lowest BCUT2D eigenvalue weighted by atomic mass is 10.1. The molecule has 0 unspecified atom stereocenters. The second-order valence-corrected chi connectivity index (χ2v) is 10.9. The molecule has 0 bridgehead atoms. The summed E-state index contributed by atoms with van der Waals surface area (Å²) in [6.07, 6.45) is -0.663. The molecule has 2 aromatic carbocycles. The van der Waals surface area contributed by atoms with E-state index in [1.165, 1.54) is 16.4 Å². The van der Waals surface area contributed by atoms with Crippen LogP contribution in [0.1, 0.15) is 12.5 Å². The maximum Gasteiger partial charge on any atom is 0.263 e. The van der Waals surface area contributed by atoms with Gasteiger partial charge in [0, 0.05) is 50.0 Å². The molecule has 0 spiro atoms. The summed E-state index contributed by atoms with van der Waals surface area (Å²) >= 11 is 6.15. The van der Waals surface area contributed by atoms with E-state index in [0.29, 0.717) is 63.3 Å². The van der Waals surface area contributed by atoms with Crippen molar-refractivity contribution in [1.82, 2.24) is 9.21 Å². The summed E-state index contributed by atoms with van der Waals surface area (Å²) < 4.78 is 38.9. The molecule has 8 nitrogen and oxygen atoms in total. The van der Waals surface area contributed by atoms with Gasteiger partial charge in [0.25, 0.3) is 5.91 Å². The van der Waals surface area contributed by atoms with Gasteiger partial charge in [-0.1, -0.05) is 17.7 Å². The average Bonchev–Trinajstić information content (AvgIpc) is 2.86. The van der Waals surface area contributed by atoms with Crippen molar-refractivity contribution < 1.29 is 22.7 Å². The quantitative estimate of drug-likeness (QED) is 0.598. The van der Waals surface area contributed by atoms with Gasteiger partial charge >= 0.3 is 0 Å². The molecule has 2 aliphatic heterocycles. The molecule has 2 saturated heterocycles. The first-order valence-corrected chi connectivity index (χ1v) is 13.2. The lowest BCUT2D eigenvalue weighted by molar-refractivity contribution is -0.142. The molecule has 4 rings (SSSR count). The highest BCUT2D eigenvalue weighted by atomic mass is 35.5. The van der Waals surface area contributed by atoms with Gasteiger partial charge in [0.1, 0.15) is 5.75 Å². The van der Waals surface area contributed by atoms with Crippen molar-refractivity contribution in [3.63, 3.8) is 0 Å². The van der Waals surface area contributed by atoms with Crippen LogP contribution >= 0.6 is 11.6 Å². The minimum atomic E-state index is -3.63. The van der Waals surface area contributed by atoms with Crippen LogP contribution in [0.5, 0.6) is 5.75 Å². The summed E-state index contributed by atoms with van der Waals surface area (Å²) in [7, 11) is -3.63. The topological polar surface area (TPSA) is 79.4 Å². The molecule has 0 saturated carbocycles. The number of amides is 1. The standard InChI is InChI=1S/C24H30ClN3O5S/c1-18-3-4-20(25)17-23(18)26-9-11-28(12-10-26)34(30,31)22-7-5-21(6-8-22)33-19(2)24(29)27-13-15-32-16-14-27/h3-8,17,19H,9-16H2,1-2H3/t19-/m0/s1. The van der Waals surface area contributed by atoms with Gasteiger partial charge in [-0.2, -0.15) is 4.31 Å². The predicted molar refractivity (Wildman–Crippen MR) is 131 cm³/mol. The zero-order valence-corrected chi connectivity index (χ0v) is 21.0. The van der Waals surface area contributed by atoms with Crippen LogP contribution < -0.4 is 9.64 Å². The van der Waals surface area contributed by atoms with Crippen LogP contribution in [0.3, 0.4) is 0 Å². The monoisotopic (exact) mass is 507 g/mol. The molecular formula is C24H30ClN3O5S. The largest absolute Gasteiger partial charge is 0.481 e. The van der Waals surface area contributed by atoms with Crippen molar-refractivity contribution in [1.29, 1.82) is 0 Å². The van der Waals surface area contributed by atoms with E-state index >= 15 is 0 Å². The molecule has 2 heterocycles. The minimum Gasteiger partial charge on any atom is -0.481 e. The first-order valence-electron chi connectivity index (χ1n) is 11.4. The number of rotatable bonds is 6. The lowest BCUT2D eigenvalue weighted by Crippen LogP contribution is -2.48. The Morgan fingerprint density at radius 2 is 1.65 bits per heavy atom. The normalized spacial score (nSPS) is 18.6. The van der Waals surface area contributed by atoms with Crippen LogP contribution in [-0.2, 0) is 19.6 Å². The minimum absolute atomic E-state index is 0.104. The number of ether oxygens (including phenoxy) is 2. The number of piperazine rings is 1. The van der Waals surface area contributed by atoms with E-state index in [-0.39, 0.29) is 10.8 Å². The van der Waals surface area contributed by atoms with Gasteiger partial charge in [-0.3, -0.25) is 4.79 Å². The Bertz CT molecular complexity index is 1110. The summed E-state index contributed by atoms with van der Waals surface area (Å²) in [5, 5.41) is 0.666. The molecule has 10 heteroatoms. The lowest BCUT2D eigenvalue weighted by Gasteiger charge is -2.36. The van der Waals surface area contributed by atoms with E-state index in [1.54, 1.807) is 24.0 Å². The molecule has 1 amide bonds. The Kier molecular flexibility index (Phi) is 7.67. The number of aryl methyl sites for hydroxylation is 1. The van der Waals surface area contributed by atoms with Crippen molar-refractivity contribution in [3.8, 4) is 5.75 Å². The number of sulfonamides is 1. The third-order valence-corrected chi connectivity index (χ3v) is 8.34. The number of nitrogens with zero attached hydrogens (tertiary/aromatic N) is 3. The highest BCUT2D eigenvalue weighted by Crippen LogP contribution is 2.27. The van der Waals surface area contributed by atoms with E-state index in [4.69, 9.17) is 21.1 Å². The predicted octanol–water partition coefficient (Wildman–Crippen LogP) is 2.79. The molecule has 0 aliphatic carbocycles. The van der Waals surface area contributed by atoms with Crippen LogP contribution in [0.2, 0.25) is 5.02 Å². The number of morpholine rings is 1. The van der Waals surface area contributed by atoms with Crippen LogP contribution in [0, 0.1) is 6.92 Å². The first kappa shape index (κ1) is 24.8. The Morgan fingerprint density at radius 3 is 2.29 bits per heavy atom. The molecule has 2 aromatic rings. The van der Waals surface area contributed by atoms with Gasteiger partial charge in [-0.05, 0) is 55.8 Å². The Hall–Kier alpha value is -2.33. The van der Waals surface area contributed by atoms with Gasteiger partial charge < -0.3 is 19.3 Å². The number of hydrogen-bond donors (Lipinski definition) is 0. The summed E-state index contributed by atoms with van der Waals surface area (Å²) in [5.41, 5.74) is 2.14. The molecule has 0 radical (unpaired) electrons. The van der Waals surface area contributed by atoms with Gasteiger partial charge in [0.2, 0.25) is 10.0 Å². The highest BCUT2D eigenvalue weighted by molar-refractivity contribution is 7.89. The van der Waals surface area contributed by atoms with Crippen molar-refractivity contribution in [3.05, 3.63) is 53.1 Å². The Morgan fingerprint density at radius 1 is 1.00 bits per heavy atom. The fourth-order valence-electron chi connectivity index (χ4n) is 4.23. The molecule has 2 aliphatic rings. The SMILES string of the molecule is Cc1ccc(Cl)cc1N1CCN(S(=O)(=O)c2ccc(O[C@@H](C)C(=O)N3CCOCC3)cc2)CC1. The fraction of sp³-hybridized carbons (Fsp3) is 0.458. The molecule has 0 N–H and O–H groups in total. The van der Waals surface area contributed by atoms with E-state index in [0.717, 1.165) is 11.3 Å². The Labute approximate surface area is 206 Å². The third kappa shape index (κ3) is 5.49. The van der Waals surface area contributed by atoms with E-state index in [1.807, 2.05) is 25.1 Å². The van der Waals surface area contributed by atoms with Gasteiger partial charge in [0.15, 0.2) is 6.10 Å². The molecule has 1 atom stereocenters. The molecule has 184 valence electrons. The number of halogens is 1. The van der Waals surface area contributed by atoms with Crippen molar-refractivity contribution in [2.75, 3.05) is 57.4 Å². The third-order valence-electron chi connectivity index (χ3n) is 6.20. The number of carbonyl (C=O) groups is 1. The smallest absolute Gasteiger partial charge is 0.263 e. The van der Waals surface area contributed by atoms with Crippen LogP contribution in [0.4, 0.5) is 5.69 Å². The number of benzene rings is 2. The number of anilines is 1. The zero-order valence-electron chi connectivity index (χ0n) is 19.4. The van der Waals surface area contributed by atoms with Gasteiger partial charge in [-0.25, -0.2) is 8.42 Å². The van der Waals surface area contributed by atoms with Crippen molar-refractivity contribution in [2.45, 2.75) is 24.8 Å². The molecular weight excluding hydrogens is 478 g/mol. The van der Waals surface area contributed by atoms with E-state index < -0.39 is 16.1 Å². The van der Waals surface area contributed by atoms with Crippen molar-refractivity contribution in [2.24, 2.45) is 0 Å². The first-order chi connectivity index (χ1) is 16.3. The van der Waals surface area contributed by atoms with Crippen LogP contribution in [-0.4, -0.2) is 82.1 Å². The molecule has 2 fully saturated rings. The second kappa shape index (κ2) is 10.5. The molecule has 0 aromatic heterocycles. The summed E-state index contributed by atoms with van der Waals surface area (Å²) in [6.45, 7) is 7.82.